The van der Waals surface area contributed by atoms with Gasteiger partial charge >= 0.3 is 0 Å². The summed E-state index contributed by atoms with van der Waals surface area (Å²) in [6.07, 6.45) is 3.13. The van der Waals surface area contributed by atoms with E-state index in [0.29, 0.717) is 0 Å². The van der Waals surface area contributed by atoms with E-state index < -0.39 is 0 Å². The van der Waals surface area contributed by atoms with Crippen molar-refractivity contribution >= 4 is 22.4 Å². The van der Waals surface area contributed by atoms with Crippen molar-refractivity contribution in [3.8, 4) is 0 Å². The molecule has 4 heteroatoms. The maximum atomic E-state index is 4.46. The van der Waals surface area contributed by atoms with Gasteiger partial charge in [-0.15, -0.1) is 11.3 Å². The molecule has 3 nitrogen and oxygen atoms in total. The van der Waals surface area contributed by atoms with Crippen LogP contribution >= 0.6 is 11.3 Å². The van der Waals surface area contributed by atoms with Crippen molar-refractivity contribution in [1.82, 2.24) is 14.5 Å². The van der Waals surface area contributed by atoms with Gasteiger partial charge in [0.1, 0.15) is 0 Å². The Kier molecular flexibility index (Phi) is 2.64. The van der Waals surface area contributed by atoms with Crippen LogP contribution in [-0.4, -0.2) is 21.0 Å². The predicted molar refractivity (Wildman–Crippen MR) is 78.2 cm³/mol. The molecule has 0 radical (unpaired) electrons. The molecule has 0 unspecified atom stereocenters. The molecule has 4 rings (SSSR count). The third-order valence-electron chi connectivity index (χ3n) is 3.77. The third kappa shape index (κ3) is 1.97. The van der Waals surface area contributed by atoms with Crippen LogP contribution in [-0.2, 0) is 19.6 Å². The highest BCUT2D eigenvalue weighted by Crippen LogP contribution is 2.24. The van der Waals surface area contributed by atoms with Crippen molar-refractivity contribution in [3.63, 3.8) is 0 Å². The molecule has 0 N–H and O–H groups in total. The van der Waals surface area contributed by atoms with E-state index >= 15 is 0 Å². The summed E-state index contributed by atoms with van der Waals surface area (Å²) in [5, 5.41) is 2.21. The molecule has 1 aliphatic heterocycles. The number of para-hydroxylation sites is 2. The van der Waals surface area contributed by atoms with E-state index in [1.807, 2.05) is 23.7 Å². The van der Waals surface area contributed by atoms with Gasteiger partial charge in [-0.05, 0) is 35.6 Å². The van der Waals surface area contributed by atoms with Crippen molar-refractivity contribution in [2.24, 2.45) is 0 Å². The molecule has 0 saturated carbocycles. The standard InChI is InChI=1S/C15H15N3S/c1-2-4-14-13(3-1)16-10-18(14)11-17-7-5-15-12(9-17)6-8-19-15/h1-4,6,8,10H,5,7,9,11H2. The van der Waals surface area contributed by atoms with Crippen LogP contribution in [0.4, 0.5) is 0 Å². The second-order valence-corrected chi connectivity index (χ2v) is 6.02. The monoisotopic (exact) mass is 269 g/mol. The minimum absolute atomic E-state index is 0.926. The Balaban J connectivity index is 1.59. The van der Waals surface area contributed by atoms with Crippen molar-refractivity contribution in [3.05, 3.63) is 52.5 Å². The number of imidazole rings is 1. The quantitative estimate of drug-likeness (QED) is 0.713. The zero-order valence-corrected chi connectivity index (χ0v) is 11.4. The number of hydrogen-bond acceptors (Lipinski definition) is 3. The lowest BCUT2D eigenvalue weighted by molar-refractivity contribution is 0.204. The average molecular weight is 269 g/mol. The van der Waals surface area contributed by atoms with Gasteiger partial charge in [0.05, 0.1) is 24.0 Å². The zero-order chi connectivity index (χ0) is 12.7. The zero-order valence-electron chi connectivity index (χ0n) is 10.6. The van der Waals surface area contributed by atoms with Gasteiger partial charge in [0, 0.05) is 18.0 Å². The molecule has 0 amide bonds. The molecule has 2 aromatic heterocycles. The first-order valence-electron chi connectivity index (χ1n) is 6.57. The molecule has 3 heterocycles. The maximum Gasteiger partial charge on any atom is 0.0969 e. The van der Waals surface area contributed by atoms with Crippen molar-refractivity contribution in [2.45, 2.75) is 19.6 Å². The SMILES string of the molecule is c1ccc2c(c1)ncn2CN1CCc2sccc2C1. The van der Waals surface area contributed by atoms with Crippen LogP contribution < -0.4 is 0 Å². The van der Waals surface area contributed by atoms with E-state index in [0.717, 1.165) is 25.3 Å². The normalized spacial score (nSPS) is 15.8. The van der Waals surface area contributed by atoms with E-state index in [-0.39, 0.29) is 0 Å². The lowest BCUT2D eigenvalue weighted by Gasteiger charge is -2.27. The van der Waals surface area contributed by atoms with Gasteiger partial charge in [-0.3, -0.25) is 4.90 Å². The molecule has 0 saturated heterocycles. The summed E-state index contributed by atoms with van der Waals surface area (Å²) >= 11 is 1.89. The van der Waals surface area contributed by atoms with Crippen LogP contribution in [0, 0.1) is 0 Å². The Labute approximate surface area is 116 Å². The highest BCUT2D eigenvalue weighted by molar-refractivity contribution is 7.10. The van der Waals surface area contributed by atoms with Crippen LogP contribution in [0.3, 0.4) is 0 Å². The highest BCUT2D eigenvalue weighted by Gasteiger charge is 2.17. The summed E-state index contributed by atoms with van der Waals surface area (Å²) in [5.41, 5.74) is 3.80. The molecular weight excluding hydrogens is 254 g/mol. The third-order valence-corrected chi connectivity index (χ3v) is 4.79. The fourth-order valence-electron chi connectivity index (χ4n) is 2.77. The van der Waals surface area contributed by atoms with E-state index in [1.165, 1.54) is 17.5 Å². The van der Waals surface area contributed by atoms with Crippen LogP contribution in [0.2, 0.25) is 0 Å². The van der Waals surface area contributed by atoms with E-state index in [1.54, 1.807) is 4.88 Å². The number of nitrogens with zero attached hydrogens (tertiary/aromatic N) is 3. The Morgan fingerprint density at radius 2 is 2.16 bits per heavy atom. The number of benzene rings is 1. The van der Waals surface area contributed by atoms with E-state index in [9.17, 15) is 0 Å². The summed E-state index contributed by atoms with van der Waals surface area (Å²) in [5.74, 6) is 0. The summed E-state index contributed by atoms with van der Waals surface area (Å²) in [7, 11) is 0. The van der Waals surface area contributed by atoms with Crippen LogP contribution in [0.25, 0.3) is 11.0 Å². The molecule has 19 heavy (non-hydrogen) atoms. The molecule has 1 aliphatic rings. The van der Waals surface area contributed by atoms with Crippen molar-refractivity contribution < 1.29 is 0 Å². The van der Waals surface area contributed by atoms with Gasteiger partial charge < -0.3 is 4.57 Å². The lowest BCUT2D eigenvalue weighted by atomic mass is 10.1. The highest BCUT2D eigenvalue weighted by atomic mass is 32.1. The Bertz CT molecular complexity index is 713. The predicted octanol–water partition coefficient (Wildman–Crippen LogP) is 3.11. The number of thiophene rings is 1. The summed E-state index contributed by atoms with van der Waals surface area (Å²) in [6, 6.07) is 10.6. The molecule has 0 aliphatic carbocycles. The molecular formula is C15H15N3S. The van der Waals surface area contributed by atoms with Crippen LogP contribution in [0.5, 0.6) is 0 Å². The molecule has 0 fully saturated rings. The van der Waals surface area contributed by atoms with Crippen LogP contribution in [0.15, 0.2) is 42.0 Å². The average Bonchev–Trinajstić information content (AvgIpc) is 3.06. The molecule has 96 valence electrons. The number of fused-ring (bicyclic) bond motifs is 2. The van der Waals surface area contributed by atoms with Gasteiger partial charge in [-0.2, -0.15) is 0 Å². The van der Waals surface area contributed by atoms with Gasteiger partial charge in [0.2, 0.25) is 0 Å². The van der Waals surface area contributed by atoms with Crippen LogP contribution in [0.1, 0.15) is 10.4 Å². The smallest absolute Gasteiger partial charge is 0.0969 e. The number of aromatic nitrogens is 2. The van der Waals surface area contributed by atoms with E-state index in [2.05, 4.69) is 44.1 Å². The van der Waals surface area contributed by atoms with E-state index in [4.69, 9.17) is 0 Å². The molecule has 0 bridgehead atoms. The molecule has 0 atom stereocenters. The summed E-state index contributed by atoms with van der Waals surface area (Å²) in [4.78, 5) is 8.51. The summed E-state index contributed by atoms with van der Waals surface area (Å²) in [6.45, 7) is 3.13. The molecule has 0 spiro atoms. The number of rotatable bonds is 2. The molecule has 1 aromatic carbocycles. The Hall–Kier alpha value is -1.65. The number of hydrogen-bond donors (Lipinski definition) is 0. The largest absolute Gasteiger partial charge is 0.317 e. The minimum Gasteiger partial charge on any atom is -0.317 e. The Morgan fingerprint density at radius 3 is 3.16 bits per heavy atom. The summed E-state index contributed by atoms with van der Waals surface area (Å²) < 4.78 is 2.24. The van der Waals surface area contributed by atoms with Gasteiger partial charge in [-0.1, -0.05) is 12.1 Å². The first kappa shape index (κ1) is 11.2. The van der Waals surface area contributed by atoms with Crippen molar-refractivity contribution in [2.75, 3.05) is 6.54 Å². The van der Waals surface area contributed by atoms with Crippen molar-refractivity contribution in [1.29, 1.82) is 0 Å². The first-order valence-corrected chi connectivity index (χ1v) is 7.45. The Morgan fingerprint density at radius 1 is 1.21 bits per heavy atom. The maximum absolute atomic E-state index is 4.46. The first-order chi connectivity index (χ1) is 9.40. The second-order valence-electron chi connectivity index (χ2n) is 5.02. The lowest BCUT2D eigenvalue weighted by Crippen LogP contribution is -2.31. The fraction of sp³-hybridized carbons (Fsp3) is 0.267. The fourth-order valence-corrected chi connectivity index (χ4v) is 3.66. The van der Waals surface area contributed by atoms with Gasteiger partial charge in [0.25, 0.3) is 0 Å². The van der Waals surface area contributed by atoms with Gasteiger partial charge in [-0.25, -0.2) is 4.98 Å². The second kappa shape index (κ2) is 4.47. The van der Waals surface area contributed by atoms with Gasteiger partial charge in [0.15, 0.2) is 0 Å². The minimum atomic E-state index is 0.926. The topological polar surface area (TPSA) is 21.1 Å². The molecule has 3 aromatic rings.